The Labute approximate surface area is 224 Å². The first-order chi connectivity index (χ1) is 17.8. The molecule has 3 rings (SSSR count). The zero-order valence-corrected chi connectivity index (χ0v) is 23.4. The van der Waals surface area contributed by atoms with Crippen LogP contribution in [0.15, 0.2) is 35.7 Å². The number of amides is 3. The van der Waals surface area contributed by atoms with Gasteiger partial charge >= 0.3 is 12.2 Å². The van der Waals surface area contributed by atoms with Crippen LogP contribution in [0.1, 0.15) is 46.1 Å². The van der Waals surface area contributed by atoms with Crippen molar-refractivity contribution in [2.45, 2.75) is 56.6 Å². The maximum absolute atomic E-state index is 13.1. The van der Waals surface area contributed by atoms with Crippen LogP contribution < -0.4 is 5.32 Å². The van der Waals surface area contributed by atoms with E-state index in [-0.39, 0.29) is 43.6 Å². The number of benzene rings is 1. The number of ether oxygens (including phenoxy) is 2. The third-order valence-electron chi connectivity index (χ3n) is 6.55. The highest BCUT2D eigenvalue weighted by Gasteiger charge is 2.43. The molecule has 12 heteroatoms. The Kier molecular flexibility index (Phi) is 9.09. The Bertz CT molecular complexity index is 1140. The van der Waals surface area contributed by atoms with E-state index in [9.17, 15) is 22.8 Å². The average Bonchev–Trinajstić information content (AvgIpc) is 2.84. The summed E-state index contributed by atoms with van der Waals surface area (Å²) in [5.41, 5.74) is -0.668. The van der Waals surface area contributed by atoms with Crippen molar-refractivity contribution in [2.24, 2.45) is 0 Å². The molecule has 2 fully saturated rings. The summed E-state index contributed by atoms with van der Waals surface area (Å²) in [7, 11) is -3.85. The molecule has 2 aliphatic rings. The first-order valence-electron chi connectivity index (χ1n) is 12.7. The van der Waals surface area contributed by atoms with Crippen LogP contribution in [0.5, 0.6) is 0 Å². The van der Waals surface area contributed by atoms with Gasteiger partial charge in [-0.2, -0.15) is 4.31 Å². The molecule has 210 valence electrons. The van der Waals surface area contributed by atoms with Crippen LogP contribution >= 0.6 is 0 Å². The summed E-state index contributed by atoms with van der Waals surface area (Å²) >= 11 is 0. The van der Waals surface area contributed by atoms with E-state index in [1.54, 1.807) is 55.7 Å². The molecule has 1 aromatic carbocycles. The molecule has 0 aliphatic carbocycles. The summed E-state index contributed by atoms with van der Waals surface area (Å²) in [6, 6.07) is 6.32. The second-order valence-electron chi connectivity index (χ2n) is 10.5. The van der Waals surface area contributed by atoms with Gasteiger partial charge < -0.3 is 24.6 Å². The van der Waals surface area contributed by atoms with Crippen LogP contribution in [-0.2, 0) is 24.3 Å². The number of nitrogens with zero attached hydrogens (tertiary/aromatic N) is 3. The fourth-order valence-corrected chi connectivity index (χ4v) is 5.88. The number of carbonyl (C=O) groups is 3. The highest BCUT2D eigenvalue weighted by Crippen LogP contribution is 2.27. The number of alkyl carbamates (subject to hydrolysis) is 1. The van der Waals surface area contributed by atoms with Crippen molar-refractivity contribution in [2.75, 3.05) is 45.9 Å². The molecule has 2 heterocycles. The molecule has 0 unspecified atom stereocenters. The zero-order valence-electron chi connectivity index (χ0n) is 22.6. The lowest BCUT2D eigenvalue weighted by atomic mass is 9.86. The van der Waals surface area contributed by atoms with Gasteiger partial charge in [0.05, 0.1) is 23.6 Å². The Morgan fingerprint density at radius 2 is 1.74 bits per heavy atom. The molecule has 0 atom stereocenters. The monoisotopic (exact) mass is 550 g/mol. The van der Waals surface area contributed by atoms with Gasteiger partial charge in [0.1, 0.15) is 5.60 Å². The second-order valence-corrected chi connectivity index (χ2v) is 12.5. The van der Waals surface area contributed by atoms with Crippen molar-refractivity contribution in [1.29, 1.82) is 0 Å². The molecule has 0 spiro atoms. The molecule has 0 saturated carbocycles. The third kappa shape index (κ3) is 7.25. The quantitative estimate of drug-likeness (QED) is 0.553. The van der Waals surface area contributed by atoms with Crippen molar-refractivity contribution in [3.05, 3.63) is 36.4 Å². The molecular formula is C26H38N4O7S. The summed E-state index contributed by atoms with van der Waals surface area (Å²) in [5, 5.41) is 2.91. The normalized spacial score (nSPS) is 18.6. The van der Waals surface area contributed by atoms with Crippen molar-refractivity contribution >= 4 is 34.2 Å². The minimum atomic E-state index is -3.85. The smallest absolute Gasteiger partial charge is 0.410 e. The Morgan fingerprint density at radius 3 is 2.26 bits per heavy atom. The summed E-state index contributed by atoms with van der Waals surface area (Å²) < 4.78 is 38.0. The fraction of sp³-hybridized carbons (Fsp3) is 0.577. The molecule has 3 amide bonds. The molecule has 0 aromatic heterocycles. The maximum atomic E-state index is 13.1. The minimum Gasteiger partial charge on any atom is -0.450 e. The summed E-state index contributed by atoms with van der Waals surface area (Å²) in [6.45, 7) is 11.8. The van der Waals surface area contributed by atoms with Crippen molar-refractivity contribution in [3.63, 3.8) is 0 Å². The van der Waals surface area contributed by atoms with E-state index in [0.717, 1.165) is 5.56 Å². The first kappa shape index (κ1) is 29.4. The van der Waals surface area contributed by atoms with Gasteiger partial charge in [-0.05, 0) is 58.2 Å². The highest BCUT2D eigenvalue weighted by atomic mass is 32.2. The largest absolute Gasteiger partial charge is 0.450 e. The van der Waals surface area contributed by atoms with E-state index in [1.165, 1.54) is 16.4 Å². The Morgan fingerprint density at radius 1 is 1.11 bits per heavy atom. The van der Waals surface area contributed by atoms with E-state index < -0.39 is 33.3 Å². The predicted molar refractivity (Wildman–Crippen MR) is 142 cm³/mol. The van der Waals surface area contributed by atoms with Gasteiger partial charge in [-0.25, -0.2) is 18.0 Å². The van der Waals surface area contributed by atoms with Crippen molar-refractivity contribution < 1.29 is 32.3 Å². The van der Waals surface area contributed by atoms with Crippen LogP contribution in [-0.4, -0.2) is 97.6 Å². The van der Waals surface area contributed by atoms with E-state index in [4.69, 9.17) is 9.47 Å². The lowest BCUT2D eigenvalue weighted by Crippen LogP contribution is -2.64. The van der Waals surface area contributed by atoms with Gasteiger partial charge in [-0.15, -0.1) is 0 Å². The minimum absolute atomic E-state index is 0.110. The van der Waals surface area contributed by atoms with E-state index in [2.05, 4.69) is 11.9 Å². The maximum Gasteiger partial charge on any atom is 0.410 e. The molecular weight excluding hydrogens is 512 g/mol. The van der Waals surface area contributed by atoms with E-state index >= 15 is 0 Å². The third-order valence-corrected chi connectivity index (χ3v) is 8.41. The van der Waals surface area contributed by atoms with Gasteiger partial charge in [0.25, 0.3) is 0 Å². The highest BCUT2D eigenvalue weighted by molar-refractivity contribution is 7.89. The van der Waals surface area contributed by atoms with Gasteiger partial charge in [-0.3, -0.25) is 4.79 Å². The fourth-order valence-electron chi connectivity index (χ4n) is 4.50. The van der Waals surface area contributed by atoms with E-state index in [0.29, 0.717) is 25.9 Å². The lowest BCUT2D eigenvalue weighted by molar-refractivity contribution is -0.135. The molecule has 38 heavy (non-hydrogen) atoms. The van der Waals surface area contributed by atoms with Gasteiger partial charge in [0, 0.05) is 32.7 Å². The molecule has 2 aliphatic heterocycles. The zero-order chi connectivity index (χ0) is 28.1. The Balaban J connectivity index is 1.69. The topological polar surface area (TPSA) is 126 Å². The first-order valence-corrected chi connectivity index (χ1v) is 14.2. The number of likely N-dealkylation sites (tertiary alicyclic amines) is 1. The van der Waals surface area contributed by atoms with Crippen LogP contribution in [0.3, 0.4) is 0 Å². The molecule has 1 aromatic rings. The van der Waals surface area contributed by atoms with Gasteiger partial charge in [-0.1, -0.05) is 24.8 Å². The SMILES string of the molecule is C=Cc1ccc(S(=O)(=O)N2CCN(CC3(NC(=O)OCC)CCN(C(=O)OC(C)(C)C)CC3)C(=O)C2)cc1. The lowest BCUT2D eigenvalue weighted by Gasteiger charge is -2.45. The van der Waals surface area contributed by atoms with Crippen molar-refractivity contribution in [3.8, 4) is 0 Å². The molecule has 0 radical (unpaired) electrons. The number of sulfonamides is 1. The number of rotatable bonds is 7. The summed E-state index contributed by atoms with van der Waals surface area (Å²) in [4.78, 5) is 41.3. The van der Waals surface area contributed by atoms with E-state index in [1.807, 2.05) is 0 Å². The van der Waals surface area contributed by atoms with Crippen LogP contribution in [0, 0.1) is 0 Å². The standard InChI is InChI=1S/C26H38N4O7S/c1-6-20-8-10-21(11-9-20)38(34,35)30-17-16-29(22(31)18-30)19-26(27-23(32)36-7-2)12-14-28(15-13-26)24(33)37-25(3,4)5/h6,8-11H,1,7,12-19H2,2-5H3,(H,27,32). The molecule has 0 bridgehead atoms. The van der Waals surface area contributed by atoms with Gasteiger partial charge in [0.2, 0.25) is 15.9 Å². The van der Waals surface area contributed by atoms with Gasteiger partial charge in [0.15, 0.2) is 0 Å². The number of hydrogen-bond donors (Lipinski definition) is 1. The molecule has 2 saturated heterocycles. The Hall–Kier alpha value is -3.12. The van der Waals surface area contributed by atoms with Crippen LogP contribution in [0.4, 0.5) is 9.59 Å². The number of carbonyl (C=O) groups excluding carboxylic acids is 3. The number of piperidine rings is 1. The number of nitrogens with one attached hydrogen (secondary N) is 1. The van der Waals surface area contributed by atoms with Crippen molar-refractivity contribution in [1.82, 2.24) is 19.4 Å². The number of piperazine rings is 1. The summed E-state index contributed by atoms with van der Waals surface area (Å²) in [6.07, 6.45) is 1.35. The number of hydrogen-bond acceptors (Lipinski definition) is 7. The predicted octanol–water partition coefficient (Wildman–Crippen LogP) is 2.68. The molecule has 1 N–H and O–H groups in total. The molecule has 11 nitrogen and oxygen atoms in total. The summed E-state index contributed by atoms with van der Waals surface area (Å²) in [5.74, 6) is -0.359. The van der Waals surface area contributed by atoms with Crippen LogP contribution in [0.25, 0.3) is 6.08 Å². The second kappa shape index (κ2) is 11.7. The average molecular weight is 551 g/mol. The van der Waals surface area contributed by atoms with Crippen LogP contribution in [0.2, 0.25) is 0 Å².